The van der Waals surface area contributed by atoms with E-state index in [2.05, 4.69) is 17.0 Å². The van der Waals surface area contributed by atoms with Crippen molar-refractivity contribution in [3.63, 3.8) is 0 Å². The molecule has 0 radical (unpaired) electrons. The van der Waals surface area contributed by atoms with Crippen LogP contribution >= 0.6 is 0 Å². The summed E-state index contributed by atoms with van der Waals surface area (Å²) >= 11 is 0. The molecule has 2 aliphatic rings. The summed E-state index contributed by atoms with van der Waals surface area (Å²) in [7, 11) is 0. The van der Waals surface area contributed by atoms with Gasteiger partial charge in [0.25, 0.3) is 0 Å². The quantitative estimate of drug-likeness (QED) is 0.866. The molecule has 2 fully saturated rings. The highest BCUT2D eigenvalue weighted by atomic mass is 16.3. The Balaban J connectivity index is 1.67. The Labute approximate surface area is 110 Å². The molecule has 2 aliphatic heterocycles. The highest BCUT2D eigenvalue weighted by Crippen LogP contribution is 2.36. The number of hydrogen-bond acceptors (Lipinski definition) is 2. The fourth-order valence-electron chi connectivity index (χ4n) is 3.63. The second-order valence-electron chi connectivity index (χ2n) is 5.83. The van der Waals surface area contributed by atoms with Crippen LogP contribution in [0.3, 0.4) is 0 Å². The number of benzene rings is 1. The normalized spacial score (nSPS) is 30.7. The van der Waals surface area contributed by atoms with Crippen molar-refractivity contribution < 1.29 is 5.11 Å². The second kappa shape index (κ2) is 5.41. The van der Waals surface area contributed by atoms with Crippen LogP contribution in [0.4, 0.5) is 0 Å². The summed E-state index contributed by atoms with van der Waals surface area (Å²) in [6.07, 6.45) is 6.12. The van der Waals surface area contributed by atoms with Crippen LogP contribution in [0, 0.1) is 5.92 Å². The van der Waals surface area contributed by atoms with Crippen LogP contribution < -0.4 is 0 Å². The number of hydrogen-bond donors (Lipinski definition) is 1. The lowest BCUT2D eigenvalue weighted by atomic mass is 9.81. The average molecular weight is 245 g/mol. The summed E-state index contributed by atoms with van der Waals surface area (Å²) in [4.78, 5) is 2.64. The van der Waals surface area contributed by atoms with Crippen molar-refractivity contribution in [2.45, 2.75) is 44.2 Å². The van der Waals surface area contributed by atoms with Crippen LogP contribution in [0.25, 0.3) is 0 Å². The van der Waals surface area contributed by atoms with E-state index in [1.165, 1.54) is 38.8 Å². The Bertz CT molecular complexity index is 378. The lowest BCUT2D eigenvalue weighted by molar-refractivity contribution is 0.0155. The van der Waals surface area contributed by atoms with Crippen molar-refractivity contribution >= 4 is 0 Å². The molecule has 3 atom stereocenters. The van der Waals surface area contributed by atoms with Gasteiger partial charge in [0.15, 0.2) is 0 Å². The largest absolute Gasteiger partial charge is 0.388 e. The topological polar surface area (TPSA) is 23.5 Å². The van der Waals surface area contributed by atoms with Crippen molar-refractivity contribution in [1.82, 2.24) is 4.90 Å². The molecule has 18 heavy (non-hydrogen) atoms. The van der Waals surface area contributed by atoms with Crippen molar-refractivity contribution in [3.05, 3.63) is 35.9 Å². The molecule has 1 aromatic carbocycles. The summed E-state index contributed by atoms with van der Waals surface area (Å²) in [5, 5.41) is 10.5. The van der Waals surface area contributed by atoms with Crippen LogP contribution in [0.2, 0.25) is 0 Å². The Morgan fingerprint density at radius 1 is 1.06 bits per heavy atom. The van der Waals surface area contributed by atoms with E-state index in [1.807, 2.05) is 18.2 Å². The van der Waals surface area contributed by atoms with E-state index in [4.69, 9.17) is 0 Å². The molecule has 2 nitrogen and oxygen atoms in total. The maximum atomic E-state index is 10.5. The van der Waals surface area contributed by atoms with E-state index in [9.17, 15) is 5.11 Å². The number of nitrogens with zero attached hydrogens (tertiary/aromatic N) is 1. The van der Waals surface area contributed by atoms with Gasteiger partial charge in [-0.1, -0.05) is 36.8 Å². The summed E-state index contributed by atoms with van der Waals surface area (Å²) in [5.41, 5.74) is 1.09. The SMILES string of the molecule is O[C@H](c1ccccc1)[C@H]1CCN2CCCC[C@@H]2C1. The van der Waals surface area contributed by atoms with E-state index in [0.29, 0.717) is 5.92 Å². The third kappa shape index (κ3) is 2.45. The molecule has 0 unspecified atom stereocenters. The number of fused-ring (bicyclic) bond motifs is 1. The predicted octanol–water partition coefficient (Wildman–Crippen LogP) is 2.98. The predicted molar refractivity (Wildman–Crippen MR) is 73.3 cm³/mol. The molecular weight excluding hydrogens is 222 g/mol. The van der Waals surface area contributed by atoms with Crippen molar-refractivity contribution in [1.29, 1.82) is 0 Å². The molecule has 0 spiro atoms. The zero-order valence-electron chi connectivity index (χ0n) is 11.0. The van der Waals surface area contributed by atoms with Crippen LogP contribution in [0.1, 0.15) is 43.8 Å². The number of piperidine rings is 2. The minimum atomic E-state index is -0.268. The first-order chi connectivity index (χ1) is 8.84. The van der Waals surface area contributed by atoms with Gasteiger partial charge in [-0.25, -0.2) is 0 Å². The Kier molecular flexibility index (Phi) is 3.67. The minimum Gasteiger partial charge on any atom is -0.388 e. The third-order valence-corrected chi connectivity index (χ3v) is 4.70. The fourth-order valence-corrected chi connectivity index (χ4v) is 3.63. The van der Waals surface area contributed by atoms with Gasteiger partial charge in [-0.2, -0.15) is 0 Å². The van der Waals surface area contributed by atoms with Crippen molar-refractivity contribution in [2.24, 2.45) is 5.92 Å². The Morgan fingerprint density at radius 3 is 2.72 bits per heavy atom. The lowest BCUT2D eigenvalue weighted by Gasteiger charge is -2.43. The van der Waals surface area contributed by atoms with Gasteiger partial charge >= 0.3 is 0 Å². The first-order valence-corrected chi connectivity index (χ1v) is 7.31. The van der Waals surface area contributed by atoms with E-state index in [-0.39, 0.29) is 6.10 Å². The van der Waals surface area contributed by atoms with Crippen molar-refractivity contribution in [2.75, 3.05) is 13.1 Å². The number of aliphatic hydroxyl groups excluding tert-OH is 1. The molecule has 2 heteroatoms. The van der Waals surface area contributed by atoms with Gasteiger partial charge in [0.1, 0.15) is 0 Å². The van der Waals surface area contributed by atoms with Gasteiger partial charge < -0.3 is 10.0 Å². The minimum absolute atomic E-state index is 0.268. The molecule has 0 bridgehead atoms. The van der Waals surface area contributed by atoms with Gasteiger partial charge in [-0.05, 0) is 50.3 Å². The molecular formula is C16H23NO. The summed E-state index contributed by atoms with van der Waals surface area (Å²) in [5.74, 6) is 0.451. The molecule has 3 rings (SSSR count). The fraction of sp³-hybridized carbons (Fsp3) is 0.625. The van der Waals surface area contributed by atoms with Gasteiger partial charge in [-0.3, -0.25) is 0 Å². The third-order valence-electron chi connectivity index (χ3n) is 4.70. The van der Waals surface area contributed by atoms with Gasteiger partial charge in [0, 0.05) is 6.04 Å². The summed E-state index contributed by atoms with van der Waals surface area (Å²) < 4.78 is 0. The molecule has 0 aliphatic carbocycles. The first-order valence-electron chi connectivity index (χ1n) is 7.31. The Hall–Kier alpha value is -0.860. The molecule has 1 aromatic rings. The van der Waals surface area contributed by atoms with E-state index >= 15 is 0 Å². The summed E-state index contributed by atoms with van der Waals surface area (Å²) in [6, 6.07) is 10.9. The van der Waals surface area contributed by atoms with Gasteiger partial charge in [-0.15, -0.1) is 0 Å². The molecule has 1 N–H and O–H groups in total. The molecule has 0 aromatic heterocycles. The molecule has 2 saturated heterocycles. The smallest absolute Gasteiger partial charge is 0.0819 e. The zero-order valence-corrected chi connectivity index (χ0v) is 11.0. The van der Waals surface area contributed by atoms with E-state index in [1.54, 1.807) is 0 Å². The van der Waals surface area contributed by atoms with E-state index in [0.717, 1.165) is 18.0 Å². The molecule has 0 amide bonds. The number of rotatable bonds is 2. The number of aliphatic hydroxyl groups is 1. The molecule has 98 valence electrons. The standard InChI is InChI=1S/C16H23NO/c18-16(13-6-2-1-3-7-13)14-9-11-17-10-5-4-8-15(17)12-14/h1-3,6-7,14-16,18H,4-5,8-12H2/t14-,15+,16+/m0/s1. The molecule has 0 saturated carbocycles. The van der Waals surface area contributed by atoms with Crippen LogP contribution in [-0.4, -0.2) is 29.1 Å². The molecule has 2 heterocycles. The highest BCUT2D eigenvalue weighted by molar-refractivity contribution is 5.18. The van der Waals surface area contributed by atoms with E-state index < -0.39 is 0 Å². The second-order valence-corrected chi connectivity index (χ2v) is 5.83. The maximum absolute atomic E-state index is 10.5. The van der Waals surface area contributed by atoms with Crippen LogP contribution in [-0.2, 0) is 0 Å². The highest BCUT2D eigenvalue weighted by Gasteiger charge is 2.33. The zero-order chi connectivity index (χ0) is 12.4. The van der Waals surface area contributed by atoms with Crippen molar-refractivity contribution in [3.8, 4) is 0 Å². The summed E-state index contributed by atoms with van der Waals surface area (Å²) in [6.45, 7) is 2.46. The van der Waals surface area contributed by atoms with Gasteiger partial charge in [0.2, 0.25) is 0 Å². The van der Waals surface area contributed by atoms with Crippen LogP contribution in [0.5, 0.6) is 0 Å². The monoisotopic (exact) mass is 245 g/mol. The van der Waals surface area contributed by atoms with Gasteiger partial charge in [0.05, 0.1) is 6.10 Å². The average Bonchev–Trinajstić information content (AvgIpc) is 2.47. The first kappa shape index (κ1) is 12.2. The lowest BCUT2D eigenvalue weighted by Crippen LogP contribution is -2.46. The van der Waals surface area contributed by atoms with Crippen LogP contribution in [0.15, 0.2) is 30.3 Å². The maximum Gasteiger partial charge on any atom is 0.0819 e. The Morgan fingerprint density at radius 2 is 1.89 bits per heavy atom.